The zero-order valence-electron chi connectivity index (χ0n) is 15.6. The van der Waals surface area contributed by atoms with E-state index in [-0.39, 0.29) is 17.4 Å². The maximum Gasteiger partial charge on any atom is 0.257 e. The van der Waals surface area contributed by atoms with E-state index in [9.17, 15) is 9.59 Å². The fourth-order valence-electron chi connectivity index (χ4n) is 4.21. The number of carbonyl (C=O) groups excluding carboxylic acids is 2. The van der Waals surface area contributed by atoms with E-state index in [0.717, 1.165) is 45.3 Å². The molecule has 1 aromatic rings. The molecule has 3 rings (SSSR count). The summed E-state index contributed by atoms with van der Waals surface area (Å²) in [5.74, 6) is 0.993. The first kappa shape index (κ1) is 18.0. The molecule has 25 heavy (non-hydrogen) atoms. The van der Waals surface area contributed by atoms with Crippen molar-refractivity contribution in [1.82, 2.24) is 14.7 Å². The van der Waals surface area contributed by atoms with Gasteiger partial charge in [0.1, 0.15) is 5.76 Å². The van der Waals surface area contributed by atoms with Gasteiger partial charge in [-0.05, 0) is 52.8 Å². The predicted octanol–water partition coefficient (Wildman–Crippen LogP) is 2.14. The van der Waals surface area contributed by atoms with Gasteiger partial charge in [0.25, 0.3) is 5.91 Å². The predicted molar refractivity (Wildman–Crippen MR) is 95.4 cm³/mol. The van der Waals surface area contributed by atoms with Crippen molar-refractivity contribution in [2.75, 3.05) is 40.3 Å². The van der Waals surface area contributed by atoms with Crippen molar-refractivity contribution >= 4 is 11.8 Å². The molecule has 0 N–H and O–H groups in total. The van der Waals surface area contributed by atoms with Gasteiger partial charge in [0.15, 0.2) is 0 Å². The average molecular weight is 347 g/mol. The Hall–Kier alpha value is -1.82. The zero-order valence-corrected chi connectivity index (χ0v) is 15.6. The number of furan rings is 1. The van der Waals surface area contributed by atoms with Gasteiger partial charge >= 0.3 is 0 Å². The second kappa shape index (κ2) is 7.20. The van der Waals surface area contributed by atoms with Gasteiger partial charge in [-0.2, -0.15) is 0 Å². The van der Waals surface area contributed by atoms with Crippen molar-refractivity contribution in [3.8, 4) is 0 Å². The number of likely N-dealkylation sites (tertiary alicyclic amines) is 2. The van der Waals surface area contributed by atoms with Crippen LogP contribution in [0.25, 0.3) is 0 Å². The standard InChI is InChI=1S/C19H29N3O3/c1-15-16(6-14-25-15)18(24)21-10-4-7-19(9-11-21)8-5-17(23)22(19)13-12-20(2)3/h6,14H,4-5,7-13H2,1-3H3. The number of rotatable bonds is 4. The summed E-state index contributed by atoms with van der Waals surface area (Å²) in [5.41, 5.74) is 0.594. The van der Waals surface area contributed by atoms with Crippen molar-refractivity contribution in [3.63, 3.8) is 0 Å². The van der Waals surface area contributed by atoms with Crippen molar-refractivity contribution < 1.29 is 14.0 Å². The van der Waals surface area contributed by atoms with Crippen LogP contribution in [0.15, 0.2) is 16.7 Å². The van der Waals surface area contributed by atoms with Crippen LogP contribution < -0.4 is 0 Å². The number of likely N-dealkylation sites (N-methyl/N-ethyl adjacent to an activating group) is 1. The molecule has 3 heterocycles. The highest BCUT2D eigenvalue weighted by Crippen LogP contribution is 2.39. The molecule has 2 fully saturated rings. The molecular formula is C19H29N3O3. The molecule has 0 aliphatic carbocycles. The quantitative estimate of drug-likeness (QED) is 0.837. The normalized spacial score (nSPS) is 24.4. The lowest BCUT2D eigenvalue weighted by Gasteiger charge is -2.38. The molecule has 0 radical (unpaired) electrons. The fraction of sp³-hybridized carbons (Fsp3) is 0.684. The smallest absolute Gasteiger partial charge is 0.257 e. The van der Waals surface area contributed by atoms with E-state index in [2.05, 4.69) is 9.80 Å². The summed E-state index contributed by atoms with van der Waals surface area (Å²) in [6.07, 6.45) is 5.93. The summed E-state index contributed by atoms with van der Waals surface area (Å²) < 4.78 is 5.28. The molecule has 1 unspecified atom stereocenters. The van der Waals surface area contributed by atoms with Gasteiger partial charge in [0, 0.05) is 38.1 Å². The molecule has 0 aromatic carbocycles. The van der Waals surface area contributed by atoms with E-state index in [1.54, 1.807) is 12.3 Å². The second-order valence-electron chi connectivity index (χ2n) is 7.61. The molecule has 1 aromatic heterocycles. The minimum atomic E-state index is -0.0619. The Balaban J connectivity index is 1.70. The highest BCUT2D eigenvalue weighted by molar-refractivity contribution is 5.95. The maximum atomic E-state index is 12.8. The van der Waals surface area contributed by atoms with Crippen LogP contribution >= 0.6 is 0 Å². The molecule has 6 nitrogen and oxygen atoms in total. The Kier molecular flexibility index (Phi) is 5.18. The summed E-state index contributed by atoms with van der Waals surface area (Å²) in [6, 6.07) is 1.75. The average Bonchev–Trinajstić information content (AvgIpc) is 3.04. The number of amides is 2. The first-order valence-corrected chi connectivity index (χ1v) is 9.21. The van der Waals surface area contributed by atoms with E-state index in [4.69, 9.17) is 4.42 Å². The minimum absolute atomic E-state index is 0.0486. The Morgan fingerprint density at radius 1 is 1.28 bits per heavy atom. The minimum Gasteiger partial charge on any atom is -0.469 e. The molecule has 0 bridgehead atoms. The number of aryl methyl sites for hydroxylation is 1. The SMILES string of the molecule is Cc1occc1C(=O)N1CCCC2(CCC(=O)N2CCN(C)C)CC1. The molecule has 2 aliphatic rings. The van der Waals surface area contributed by atoms with Crippen LogP contribution in [0.2, 0.25) is 0 Å². The lowest BCUT2D eigenvalue weighted by Crippen LogP contribution is -2.49. The van der Waals surface area contributed by atoms with Gasteiger partial charge in [-0.25, -0.2) is 0 Å². The molecule has 1 spiro atoms. The van der Waals surface area contributed by atoms with Gasteiger partial charge in [0.2, 0.25) is 5.91 Å². The van der Waals surface area contributed by atoms with Crippen molar-refractivity contribution in [2.24, 2.45) is 0 Å². The van der Waals surface area contributed by atoms with E-state index in [1.807, 2.05) is 25.9 Å². The monoisotopic (exact) mass is 347 g/mol. The maximum absolute atomic E-state index is 12.8. The highest BCUT2D eigenvalue weighted by atomic mass is 16.3. The number of hydrogen-bond acceptors (Lipinski definition) is 4. The van der Waals surface area contributed by atoms with Gasteiger partial charge in [-0.1, -0.05) is 0 Å². The highest BCUT2D eigenvalue weighted by Gasteiger charge is 2.45. The third-order valence-electron chi connectivity index (χ3n) is 5.74. The zero-order chi connectivity index (χ0) is 18.0. The third kappa shape index (κ3) is 3.59. The summed E-state index contributed by atoms with van der Waals surface area (Å²) >= 11 is 0. The van der Waals surface area contributed by atoms with Crippen LogP contribution in [0.5, 0.6) is 0 Å². The molecule has 2 saturated heterocycles. The van der Waals surface area contributed by atoms with Crippen molar-refractivity contribution in [1.29, 1.82) is 0 Å². The Labute approximate surface area is 149 Å². The number of carbonyl (C=O) groups is 2. The summed E-state index contributed by atoms with van der Waals surface area (Å²) in [6.45, 7) is 4.94. The molecular weight excluding hydrogens is 318 g/mol. The summed E-state index contributed by atoms with van der Waals surface area (Å²) in [4.78, 5) is 31.4. The molecule has 138 valence electrons. The van der Waals surface area contributed by atoms with E-state index in [1.165, 1.54) is 0 Å². The van der Waals surface area contributed by atoms with Crippen LogP contribution in [-0.4, -0.2) is 72.3 Å². The van der Waals surface area contributed by atoms with Crippen molar-refractivity contribution in [2.45, 2.75) is 44.6 Å². The molecule has 6 heteroatoms. The second-order valence-corrected chi connectivity index (χ2v) is 7.61. The van der Waals surface area contributed by atoms with Gasteiger partial charge in [-0.3, -0.25) is 9.59 Å². The van der Waals surface area contributed by atoms with Crippen LogP contribution in [0.1, 0.15) is 48.2 Å². The molecule has 2 aliphatic heterocycles. The number of nitrogens with zero attached hydrogens (tertiary/aromatic N) is 3. The molecule has 0 saturated carbocycles. The van der Waals surface area contributed by atoms with E-state index >= 15 is 0 Å². The lowest BCUT2D eigenvalue weighted by molar-refractivity contribution is -0.131. The van der Waals surface area contributed by atoms with Gasteiger partial charge in [-0.15, -0.1) is 0 Å². The fourth-order valence-corrected chi connectivity index (χ4v) is 4.21. The first-order valence-electron chi connectivity index (χ1n) is 9.21. The van der Waals surface area contributed by atoms with Crippen LogP contribution in [0, 0.1) is 6.92 Å². The van der Waals surface area contributed by atoms with Crippen LogP contribution in [-0.2, 0) is 4.79 Å². The van der Waals surface area contributed by atoms with E-state index < -0.39 is 0 Å². The van der Waals surface area contributed by atoms with Crippen LogP contribution in [0.3, 0.4) is 0 Å². The topological polar surface area (TPSA) is 57.0 Å². The van der Waals surface area contributed by atoms with Gasteiger partial charge in [0.05, 0.1) is 11.8 Å². The van der Waals surface area contributed by atoms with E-state index in [0.29, 0.717) is 24.3 Å². The largest absolute Gasteiger partial charge is 0.469 e. The Morgan fingerprint density at radius 3 is 2.76 bits per heavy atom. The van der Waals surface area contributed by atoms with Crippen molar-refractivity contribution in [3.05, 3.63) is 23.7 Å². The molecule has 1 atom stereocenters. The number of hydrogen-bond donors (Lipinski definition) is 0. The lowest BCUT2D eigenvalue weighted by atomic mass is 9.87. The Morgan fingerprint density at radius 2 is 2.08 bits per heavy atom. The third-order valence-corrected chi connectivity index (χ3v) is 5.74. The molecule has 2 amide bonds. The van der Waals surface area contributed by atoms with Crippen LogP contribution in [0.4, 0.5) is 0 Å². The van der Waals surface area contributed by atoms with Gasteiger partial charge < -0.3 is 19.1 Å². The summed E-state index contributed by atoms with van der Waals surface area (Å²) in [7, 11) is 4.07. The first-order chi connectivity index (χ1) is 11.9. The Bertz CT molecular complexity index is 640. The summed E-state index contributed by atoms with van der Waals surface area (Å²) in [5, 5.41) is 0.